The number of nitrogens with one attached hydrogen (secondary N) is 1. The lowest BCUT2D eigenvalue weighted by Crippen LogP contribution is -2.56. The molecule has 1 fully saturated rings. The normalized spacial score (nSPS) is 23.4. The summed E-state index contributed by atoms with van der Waals surface area (Å²) in [6.45, 7) is 5.33. The maximum Gasteiger partial charge on any atom is 0.287 e. The van der Waals surface area contributed by atoms with Crippen molar-refractivity contribution in [2.24, 2.45) is 7.05 Å². The Bertz CT molecular complexity index is 511. The van der Waals surface area contributed by atoms with Crippen molar-refractivity contribution < 1.29 is 9.72 Å². The van der Waals surface area contributed by atoms with Gasteiger partial charge in [0.25, 0.3) is 11.6 Å². The molecule has 0 saturated carbocycles. The lowest BCUT2D eigenvalue weighted by atomic mass is 10.1. The fourth-order valence-corrected chi connectivity index (χ4v) is 2.31. The summed E-state index contributed by atoms with van der Waals surface area (Å²) in [7, 11) is 1.65. The fraction of sp³-hybridized carbons (Fsp3) is 0.583. The molecule has 2 atom stereocenters. The van der Waals surface area contributed by atoms with Crippen LogP contribution in [0.4, 0.5) is 5.69 Å². The highest BCUT2D eigenvalue weighted by Crippen LogP contribution is 2.19. The number of amides is 1. The van der Waals surface area contributed by atoms with Crippen LogP contribution in [-0.4, -0.2) is 45.5 Å². The maximum absolute atomic E-state index is 12.5. The molecule has 7 nitrogen and oxygen atoms in total. The molecule has 1 amide bonds. The van der Waals surface area contributed by atoms with Gasteiger partial charge in [-0.1, -0.05) is 0 Å². The number of aryl methyl sites for hydroxylation is 1. The maximum atomic E-state index is 12.5. The first-order valence-electron chi connectivity index (χ1n) is 6.25. The standard InChI is InChI=1S/C12H18N4O3/c1-8-6-15(9(2)5-13-8)12(17)11-4-10(16(18)19)7-14(11)3/h4,7-9,13H,5-6H2,1-3H3. The first kappa shape index (κ1) is 13.5. The zero-order valence-corrected chi connectivity index (χ0v) is 11.3. The predicted molar refractivity (Wildman–Crippen MR) is 70.0 cm³/mol. The monoisotopic (exact) mass is 266 g/mol. The van der Waals surface area contributed by atoms with Crippen molar-refractivity contribution in [3.63, 3.8) is 0 Å². The molecule has 7 heteroatoms. The number of carbonyl (C=O) groups is 1. The van der Waals surface area contributed by atoms with Crippen LogP contribution in [0.3, 0.4) is 0 Å². The van der Waals surface area contributed by atoms with Crippen molar-refractivity contribution in [3.8, 4) is 0 Å². The number of nitro groups is 1. The van der Waals surface area contributed by atoms with Crippen molar-refractivity contribution in [3.05, 3.63) is 28.1 Å². The van der Waals surface area contributed by atoms with Gasteiger partial charge in [0.2, 0.25) is 0 Å². The Balaban J connectivity index is 2.25. The second-order valence-corrected chi connectivity index (χ2v) is 5.07. The number of rotatable bonds is 2. The van der Waals surface area contributed by atoms with E-state index in [9.17, 15) is 14.9 Å². The highest BCUT2D eigenvalue weighted by atomic mass is 16.6. The Morgan fingerprint density at radius 3 is 2.79 bits per heavy atom. The topological polar surface area (TPSA) is 80.4 Å². The number of piperazine rings is 1. The van der Waals surface area contributed by atoms with Gasteiger partial charge in [0.15, 0.2) is 0 Å². The quantitative estimate of drug-likeness (QED) is 0.633. The Labute approximate surface area is 111 Å². The third kappa shape index (κ3) is 2.60. The minimum absolute atomic E-state index is 0.0540. The van der Waals surface area contributed by atoms with Gasteiger partial charge in [0.05, 0.1) is 11.1 Å². The molecule has 0 aliphatic carbocycles. The van der Waals surface area contributed by atoms with Crippen LogP contribution in [0.15, 0.2) is 12.3 Å². The summed E-state index contributed by atoms with van der Waals surface area (Å²) < 4.78 is 1.51. The van der Waals surface area contributed by atoms with Crippen LogP contribution >= 0.6 is 0 Å². The lowest BCUT2D eigenvalue weighted by Gasteiger charge is -2.37. The molecular weight excluding hydrogens is 248 g/mol. The van der Waals surface area contributed by atoms with Crippen molar-refractivity contribution in [2.45, 2.75) is 25.9 Å². The number of aromatic nitrogens is 1. The van der Waals surface area contributed by atoms with Gasteiger partial charge in [-0.3, -0.25) is 14.9 Å². The SMILES string of the molecule is CC1CN(C(=O)c2cc([N+](=O)[O-])cn2C)C(C)CN1. The van der Waals surface area contributed by atoms with Crippen LogP contribution in [-0.2, 0) is 7.05 Å². The smallest absolute Gasteiger partial charge is 0.287 e. The third-order valence-corrected chi connectivity index (χ3v) is 3.45. The van der Waals surface area contributed by atoms with E-state index in [1.165, 1.54) is 16.8 Å². The molecule has 0 aromatic carbocycles. The van der Waals surface area contributed by atoms with Gasteiger partial charge in [0.1, 0.15) is 5.69 Å². The number of hydrogen-bond acceptors (Lipinski definition) is 4. The zero-order valence-electron chi connectivity index (χ0n) is 11.3. The summed E-state index contributed by atoms with van der Waals surface area (Å²) >= 11 is 0. The van der Waals surface area contributed by atoms with E-state index in [1.807, 2.05) is 13.8 Å². The first-order chi connectivity index (χ1) is 8.90. The predicted octanol–water partition coefficient (Wildman–Crippen LogP) is 0.756. The summed E-state index contributed by atoms with van der Waals surface area (Å²) in [5, 5.41) is 14.0. The summed E-state index contributed by atoms with van der Waals surface area (Å²) in [4.78, 5) is 24.5. The number of hydrogen-bond donors (Lipinski definition) is 1. The second-order valence-electron chi connectivity index (χ2n) is 5.07. The third-order valence-electron chi connectivity index (χ3n) is 3.45. The molecular formula is C12H18N4O3. The molecule has 104 valence electrons. The highest BCUT2D eigenvalue weighted by molar-refractivity contribution is 5.93. The molecule has 1 aromatic rings. The molecule has 0 spiro atoms. The van der Waals surface area contributed by atoms with Gasteiger partial charge >= 0.3 is 0 Å². The van der Waals surface area contributed by atoms with E-state index in [-0.39, 0.29) is 23.7 Å². The fourth-order valence-electron chi connectivity index (χ4n) is 2.31. The number of nitrogens with zero attached hydrogens (tertiary/aromatic N) is 3. The second kappa shape index (κ2) is 5.00. The van der Waals surface area contributed by atoms with E-state index in [0.29, 0.717) is 12.2 Å². The van der Waals surface area contributed by atoms with Gasteiger partial charge in [-0.2, -0.15) is 0 Å². The van der Waals surface area contributed by atoms with Gasteiger partial charge in [-0.05, 0) is 13.8 Å². The van der Waals surface area contributed by atoms with E-state index in [2.05, 4.69) is 5.32 Å². The zero-order chi connectivity index (χ0) is 14.2. The molecule has 0 bridgehead atoms. The molecule has 2 heterocycles. The summed E-state index contributed by atoms with van der Waals surface area (Å²) in [6.07, 6.45) is 1.36. The minimum atomic E-state index is -0.486. The molecule has 1 aliphatic rings. The van der Waals surface area contributed by atoms with Crippen LogP contribution in [0.2, 0.25) is 0 Å². The highest BCUT2D eigenvalue weighted by Gasteiger charge is 2.29. The van der Waals surface area contributed by atoms with Crippen molar-refractivity contribution >= 4 is 11.6 Å². The minimum Gasteiger partial charge on any atom is -0.340 e. The van der Waals surface area contributed by atoms with Gasteiger partial charge < -0.3 is 14.8 Å². The molecule has 2 rings (SSSR count). The Morgan fingerprint density at radius 1 is 1.53 bits per heavy atom. The van der Waals surface area contributed by atoms with Crippen molar-refractivity contribution in [1.29, 1.82) is 0 Å². The summed E-state index contributed by atoms with van der Waals surface area (Å²) in [6, 6.07) is 1.65. The Kier molecular flexibility index (Phi) is 3.57. The van der Waals surface area contributed by atoms with Gasteiger partial charge in [-0.25, -0.2) is 0 Å². The van der Waals surface area contributed by atoms with E-state index >= 15 is 0 Å². The first-order valence-corrected chi connectivity index (χ1v) is 6.25. The summed E-state index contributed by atoms with van der Waals surface area (Å²) in [5.74, 6) is -0.156. The molecule has 1 aliphatic heterocycles. The average Bonchev–Trinajstić information content (AvgIpc) is 2.74. The lowest BCUT2D eigenvalue weighted by molar-refractivity contribution is -0.384. The number of carbonyl (C=O) groups excluding carboxylic acids is 1. The molecule has 19 heavy (non-hydrogen) atoms. The van der Waals surface area contributed by atoms with E-state index in [1.54, 1.807) is 11.9 Å². The molecule has 1 saturated heterocycles. The van der Waals surface area contributed by atoms with Crippen LogP contribution in [0.5, 0.6) is 0 Å². The molecule has 2 unspecified atom stereocenters. The van der Waals surface area contributed by atoms with Crippen LogP contribution < -0.4 is 5.32 Å². The molecule has 1 aromatic heterocycles. The average molecular weight is 266 g/mol. The Morgan fingerprint density at radius 2 is 2.21 bits per heavy atom. The van der Waals surface area contributed by atoms with Crippen LogP contribution in [0.1, 0.15) is 24.3 Å². The van der Waals surface area contributed by atoms with Crippen LogP contribution in [0.25, 0.3) is 0 Å². The van der Waals surface area contributed by atoms with E-state index in [4.69, 9.17) is 0 Å². The summed E-state index contributed by atoms with van der Waals surface area (Å²) in [5.41, 5.74) is 0.300. The van der Waals surface area contributed by atoms with Gasteiger partial charge in [-0.15, -0.1) is 0 Å². The largest absolute Gasteiger partial charge is 0.340 e. The van der Waals surface area contributed by atoms with Crippen molar-refractivity contribution in [2.75, 3.05) is 13.1 Å². The Hall–Kier alpha value is -1.89. The van der Waals surface area contributed by atoms with E-state index < -0.39 is 4.92 Å². The molecule has 0 radical (unpaired) electrons. The van der Waals surface area contributed by atoms with E-state index in [0.717, 1.165) is 6.54 Å². The molecule has 1 N–H and O–H groups in total. The van der Waals surface area contributed by atoms with Gasteiger partial charge in [0, 0.05) is 38.3 Å². The van der Waals surface area contributed by atoms with Crippen LogP contribution in [0, 0.1) is 10.1 Å². The van der Waals surface area contributed by atoms with Crippen molar-refractivity contribution in [1.82, 2.24) is 14.8 Å².